The summed E-state index contributed by atoms with van der Waals surface area (Å²) < 4.78 is 5.49. The van der Waals surface area contributed by atoms with Crippen molar-refractivity contribution in [2.45, 2.75) is 58.8 Å². The molecular formula is C17H26O2. The number of allylic oxidation sites excluding steroid dienone is 4. The lowest BCUT2D eigenvalue weighted by Crippen LogP contribution is -2.23. The van der Waals surface area contributed by atoms with Crippen molar-refractivity contribution in [1.29, 1.82) is 0 Å². The molecule has 0 unspecified atom stereocenters. The maximum Gasteiger partial charge on any atom is 0.161 e. The zero-order valence-corrected chi connectivity index (χ0v) is 12.3. The minimum atomic E-state index is 0.288. The van der Waals surface area contributed by atoms with E-state index in [4.69, 9.17) is 4.74 Å². The van der Waals surface area contributed by atoms with Crippen molar-refractivity contribution in [3.8, 4) is 0 Å². The van der Waals surface area contributed by atoms with Crippen LogP contribution in [0.2, 0.25) is 0 Å². The first-order chi connectivity index (χ1) is 9.24. The fourth-order valence-electron chi connectivity index (χ4n) is 3.22. The van der Waals surface area contributed by atoms with E-state index in [1.165, 1.54) is 19.3 Å². The van der Waals surface area contributed by atoms with Crippen LogP contribution in [0, 0.1) is 11.8 Å². The average molecular weight is 262 g/mol. The number of carbonyl (C=O) groups excluding carboxylic acids is 1. The van der Waals surface area contributed by atoms with Crippen LogP contribution in [-0.4, -0.2) is 12.4 Å². The van der Waals surface area contributed by atoms with Gasteiger partial charge in [0.05, 0.1) is 12.4 Å². The van der Waals surface area contributed by atoms with Crippen molar-refractivity contribution in [3.63, 3.8) is 0 Å². The molecule has 1 saturated carbocycles. The fourth-order valence-corrected chi connectivity index (χ4v) is 3.22. The van der Waals surface area contributed by atoms with E-state index in [0.717, 1.165) is 42.9 Å². The summed E-state index contributed by atoms with van der Waals surface area (Å²) in [5.74, 6) is 2.57. The van der Waals surface area contributed by atoms with Crippen LogP contribution in [0.15, 0.2) is 23.5 Å². The second-order valence-electron chi connectivity index (χ2n) is 5.75. The highest BCUT2D eigenvalue weighted by Gasteiger charge is 2.27. The Hall–Kier alpha value is -1.05. The Morgan fingerprint density at radius 1 is 1.16 bits per heavy atom. The molecular weight excluding hydrogens is 236 g/mol. The molecule has 0 spiro atoms. The summed E-state index contributed by atoms with van der Waals surface area (Å²) in [7, 11) is 0. The molecule has 0 radical (unpaired) electrons. The van der Waals surface area contributed by atoms with Gasteiger partial charge in [0.2, 0.25) is 0 Å². The van der Waals surface area contributed by atoms with E-state index in [-0.39, 0.29) is 5.92 Å². The maximum absolute atomic E-state index is 12.5. The van der Waals surface area contributed by atoms with Gasteiger partial charge in [-0.25, -0.2) is 0 Å². The van der Waals surface area contributed by atoms with Crippen molar-refractivity contribution in [1.82, 2.24) is 0 Å². The molecule has 0 aromatic carbocycles. The quantitative estimate of drug-likeness (QED) is 0.733. The molecule has 0 aromatic heterocycles. The molecule has 0 bridgehead atoms. The molecule has 0 N–H and O–H groups in total. The number of Topliss-reactive ketones (excluding diaryl/α,β-unsaturated/α-hetero) is 1. The first-order valence-corrected chi connectivity index (χ1v) is 7.81. The Morgan fingerprint density at radius 3 is 2.42 bits per heavy atom. The molecule has 0 amide bonds. The molecule has 0 heterocycles. The van der Waals surface area contributed by atoms with E-state index < -0.39 is 0 Å². The summed E-state index contributed by atoms with van der Waals surface area (Å²) >= 11 is 0. The van der Waals surface area contributed by atoms with Crippen LogP contribution in [0.4, 0.5) is 0 Å². The molecule has 0 atom stereocenters. The number of ketones is 1. The minimum Gasteiger partial charge on any atom is -0.498 e. The zero-order chi connectivity index (χ0) is 13.7. The van der Waals surface area contributed by atoms with Crippen LogP contribution in [0.25, 0.3) is 0 Å². The topological polar surface area (TPSA) is 26.3 Å². The molecule has 2 heteroatoms. The van der Waals surface area contributed by atoms with Crippen LogP contribution in [-0.2, 0) is 9.53 Å². The first-order valence-electron chi connectivity index (χ1n) is 7.81. The summed E-state index contributed by atoms with van der Waals surface area (Å²) in [6.45, 7) is 4.97. The lowest BCUT2D eigenvalue weighted by Gasteiger charge is -2.28. The predicted octanol–water partition coefficient (Wildman–Crippen LogP) is 4.41. The van der Waals surface area contributed by atoms with E-state index in [9.17, 15) is 4.79 Å². The molecule has 106 valence electrons. The molecule has 1 fully saturated rings. The van der Waals surface area contributed by atoms with Gasteiger partial charge in [0.15, 0.2) is 5.78 Å². The smallest absolute Gasteiger partial charge is 0.161 e. The van der Waals surface area contributed by atoms with Gasteiger partial charge in [-0.15, -0.1) is 0 Å². The lowest BCUT2D eigenvalue weighted by molar-refractivity contribution is -0.120. The normalized spacial score (nSPS) is 27.5. The van der Waals surface area contributed by atoms with Gasteiger partial charge in [0.1, 0.15) is 0 Å². The van der Waals surface area contributed by atoms with E-state index in [0.29, 0.717) is 12.4 Å². The van der Waals surface area contributed by atoms with E-state index in [1.807, 2.05) is 19.1 Å². The van der Waals surface area contributed by atoms with Crippen molar-refractivity contribution >= 4 is 5.78 Å². The van der Waals surface area contributed by atoms with Gasteiger partial charge in [0, 0.05) is 12.3 Å². The fraction of sp³-hybridized carbons (Fsp3) is 0.706. The minimum absolute atomic E-state index is 0.288. The summed E-state index contributed by atoms with van der Waals surface area (Å²) in [6.07, 6.45) is 11.6. The third-order valence-electron chi connectivity index (χ3n) is 4.55. The average Bonchev–Trinajstić information content (AvgIpc) is 2.48. The second kappa shape index (κ2) is 6.93. The standard InChI is InChI=1S/C17H26O2/c1-3-13-5-7-14(8-6-13)17(18)15-9-11-16(12-10-15)19-4-2/h9,11,13-14H,3-8,10,12H2,1-2H3. The molecule has 0 aliphatic heterocycles. The van der Waals surface area contributed by atoms with Crippen LogP contribution in [0.3, 0.4) is 0 Å². The van der Waals surface area contributed by atoms with Crippen molar-refractivity contribution in [2.24, 2.45) is 11.8 Å². The van der Waals surface area contributed by atoms with Crippen LogP contribution < -0.4 is 0 Å². The summed E-state index contributed by atoms with van der Waals surface area (Å²) in [5.41, 5.74) is 1.02. The van der Waals surface area contributed by atoms with Gasteiger partial charge >= 0.3 is 0 Å². The molecule has 2 rings (SSSR count). The number of carbonyl (C=O) groups is 1. The number of ether oxygens (including phenoxy) is 1. The van der Waals surface area contributed by atoms with E-state index >= 15 is 0 Å². The third kappa shape index (κ3) is 3.71. The number of rotatable bonds is 5. The number of hydrogen-bond donors (Lipinski definition) is 0. The predicted molar refractivity (Wildman–Crippen MR) is 77.8 cm³/mol. The number of hydrogen-bond acceptors (Lipinski definition) is 2. The Bertz CT molecular complexity index is 371. The molecule has 2 aliphatic rings. The molecule has 2 nitrogen and oxygen atoms in total. The SMILES string of the molecule is CCOC1=CC=C(C(=O)C2CCC(CC)CC2)CC1. The largest absolute Gasteiger partial charge is 0.498 e. The Labute approximate surface area is 116 Å². The molecule has 0 saturated heterocycles. The highest BCUT2D eigenvalue weighted by Crippen LogP contribution is 2.34. The lowest BCUT2D eigenvalue weighted by atomic mass is 9.77. The summed E-state index contributed by atoms with van der Waals surface area (Å²) in [5, 5.41) is 0. The summed E-state index contributed by atoms with van der Waals surface area (Å²) in [6, 6.07) is 0. The third-order valence-corrected chi connectivity index (χ3v) is 4.55. The maximum atomic E-state index is 12.5. The van der Waals surface area contributed by atoms with Gasteiger partial charge in [-0.1, -0.05) is 19.4 Å². The Balaban J connectivity index is 1.91. The Kier molecular flexibility index (Phi) is 5.24. The monoisotopic (exact) mass is 262 g/mol. The van der Waals surface area contributed by atoms with Crippen LogP contribution in [0.5, 0.6) is 0 Å². The molecule has 19 heavy (non-hydrogen) atoms. The van der Waals surface area contributed by atoms with Crippen LogP contribution >= 0.6 is 0 Å². The highest BCUT2D eigenvalue weighted by molar-refractivity contribution is 5.97. The van der Waals surface area contributed by atoms with Crippen LogP contribution in [0.1, 0.15) is 58.8 Å². The van der Waals surface area contributed by atoms with E-state index in [1.54, 1.807) is 0 Å². The van der Waals surface area contributed by atoms with Gasteiger partial charge in [-0.05, 0) is 56.6 Å². The van der Waals surface area contributed by atoms with E-state index in [2.05, 4.69) is 6.92 Å². The highest BCUT2D eigenvalue weighted by atomic mass is 16.5. The van der Waals surface area contributed by atoms with Crippen molar-refractivity contribution in [2.75, 3.05) is 6.61 Å². The summed E-state index contributed by atoms with van der Waals surface area (Å²) in [4.78, 5) is 12.5. The van der Waals surface area contributed by atoms with Gasteiger partial charge in [0.25, 0.3) is 0 Å². The molecule has 2 aliphatic carbocycles. The van der Waals surface area contributed by atoms with Crippen molar-refractivity contribution < 1.29 is 9.53 Å². The second-order valence-corrected chi connectivity index (χ2v) is 5.75. The molecule has 0 aromatic rings. The van der Waals surface area contributed by atoms with Gasteiger partial charge in [-0.2, -0.15) is 0 Å². The van der Waals surface area contributed by atoms with Gasteiger partial charge in [-0.3, -0.25) is 4.79 Å². The zero-order valence-electron chi connectivity index (χ0n) is 12.3. The first kappa shape index (κ1) is 14.4. The van der Waals surface area contributed by atoms with Crippen molar-refractivity contribution in [3.05, 3.63) is 23.5 Å². The Morgan fingerprint density at radius 2 is 1.89 bits per heavy atom. The van der Waals surface area contributed by atoms with Gasteiger partial charge < -0.3 is 4.74 Å².